The molecule has 6 nitrogen and oxygen atoms in total. The van der Waals surface area contributed by atoms with Gasteiger partial charge in [0.2, 0.25) is 0 Å². The topological polar surface area (TPSA) is 70.1 Å². The Morgan fingerprint density at radius 3 is 2.35 bits per heavy atom. The van der Waals surface area contributed by atoms with E-state index in [9.17, 15) is 23.5 Å². The van der Waals surface area contributed by atoms with Gasteiger partial charge in [-0.25, -0.2) is 8.78 Å². The molecule has 0 spiro atoms. The summed E-state index contributed by atoms with van der Waals surface area (Å²) < 4.78 is 32.6. The molecule has 1 atom stereocenters. The van der Waals surface area contributed by atoms with Crippen LogP contribution in [0.5, 0.6) is 5.75 Å². The highest BCUT2D eigenvalue weighted by Gasteiger charge is 2.46. The quantitative estimate of drug-likeness (QED) is 0.415. The minimum absolute atomic E-state index is 0.0408. The summed E-state index contributed by atoms with van der Waals surface area (Å²) in [6.45, 7) is 0.929. The molecule has 1 saturated heterocycles. The number of aliphatic hydroxyl groups excluding tert-OH is 1. The monoisotopic (exact) mass is 430 g/mol. The van der Waals surface area contributed by atoms with Gasteiger partial charge in [0.15, 0.2) is 0 Å². The van der Waals surface area contributed by atoms with Crippen LogP contribution in [0.2, 0.25) is 0 Å². The van der Waals surface area contributed by atoms with Crippen LogP contribution in [0.25, 0.3) is 5.76 Å². The van der Waals surface area contributed by atoms with Crippen LogP contribution in [0, 0.1) is 11.6 Å². The van der Waals surface area contributed by atoms with E-state index in [-0.39, 0.29) is 23.4 Å². The van der Waals surface area contributed by atoms with Crippen LogP contribution in [0.3, 0.4) is 0 Å². The Balaban J connectivity index is 2.15. The Morgan fingerprint density at radius 2 is 1.74 bits per heavy atom. The largest absolute Gasteiger partial charge is 0.507 e. The number of amides is 1. The van der Waals surface area contributed by atoms with Gasteiger partial charge in [-0.1, -0.05) is 12.1 Å². The molecule has 1 aliphatic rings. The molecule has 1 heterocycles. The Kier molecular flexibility index (Phi) is 6.70. The lowest BCUT2D eigenvalue weighted by Gasteiger charge is -2.26. The molecule has 1 unspecified atom stereocenters. The lowest BCUT2D eigenvalue weighted by molar-refractivity contribution is -0.139. The van der Waals surface area contributed by atoms with E-state index in [2.05, 4.69) is 0 Å². The molecule has 1 N–H and O–H groups in total. The summed E-state index contributed by atoms with van der Waals surface area (Å²) in [5, 5.41) is 11.0. The zero-order valence-electron chi connectivity index (χ0n) is 17.6. The smallest absolute Gasteiger partial charge is 0.295 e. The number of aliphatic hydroxyl groups is 1. The first-order valence-corrected chi connectivity index (χ1v) is 9.77. The first kappa shape index (κ1) is 22.4. The van der Waals surface area contributed by atoms with Gasteiger partial charge in [-0.05, 0) is 63.0 Å². The highest BCUT2D eigenvalue weighted by Crippen LogP contribution is 2.41. The van der Waals surface area contributed by atoms with Crippen molar-refractivity contribution < 1.29 is 28.2 Å². The number of Topliss-reactive ketones (excluding diaryl/α,β-unsaturated/α-hetero) is 1. The van der Waals surface area contributed by atoms with E-state index in [1.54, 1.807) is 0 Å². The Labute approximate surface area is 179 Å². The zero-order chi connectivity index (χ0) is 22.7. The van der Waals surface area contributed by atoms with Crippen molar-refractivity contribution in [2.75, 3.05) is 34.3 Å². The van der Waals surface area contributed by atoms with E-state index in [1.165, 1.54) is 42.3 Å². The fourth-order valence-corrected chi connectivity index (χ4v) is 3.67. The van der Waals surface area contributed by atoms with Gasteiger partial charge in [0, 0.05) is 6.54 Å². The zero-order valence-corrected chi connectivity index (χ0v) is 17.6. The second-order valence-electron chi connectivity index (χ2n) is 7.55. The second-order valence-corrected chi connectivity index (χ2v) is 7.55. The molecule has 2 aromatic carbocycles. The normalized spacial score (nSPS) is 18.1. The average molecular weight is 430 g/mol. The summed E-state index contributed by atoms with van der Waals surface area (Å²) in [5.74, 6) is -3.16. The molecule has 2 aromatic rings. The SMILES string of the molecule is COc1ccc(F)cc1/C(O)=C1\C(=O)C(=O)N(CCCN(C)C)C1c1ccc(F)cc1. The molecule has 3 rings (SSSR count). The molecule has 1 fully saturated rings. The average Bonchev–Trinajstić information content (AvgIpc) is 2.98. The highest BCUT2D eigenvalue weighted by molar-refractivity contribution is 6.46. The number of methoxy groups -OCH3 is 1. The van der Waals surface area contributed by atoms with E-state index >= 15 is 0 Å². The number of hydrogen-bond donors (Lipinski definition) is 1. The van der Waals surface area contributed by atoms with Crippen molar-refractivity contribution in [1.82, 2.24) is 9.80 Å². The number of carbonyl (C=O) groups is 2. The second kappa shape index (κ2) is 9.26. The van der Waals surface area contributed by atoms with E-state index in [1.807, 2.05) is 19.0 Å². The van der Waals surface area contributed by atoms with Crippen molar-refractivity contribution in [2.24, 2.45) is 0 Å². The number of halogens is 2. The molecular weight excluding hydrogens is 406 g/mol. The lowest BCUT2D eigenvalue weighted by Crippen LogP contribution is -2.32. The van der Waals surface area contributed by atoms with Gasteiger partial charge in [-0.2, -0.15) is 0 Å². The Morgan fingerprint density at radius 1 is 1.10 bits per heavy atom. The maximum Gasteiger partial charge on any atom is 0.295 e. The fourth-order valence-electron chi connectivity index (χ4n) is 3.67. The van der Waals surface area contributed by atoms with E-state index in [0.717, 1.165) is 12.1 Å². The van der Waals surface area contributed by atoms with Crippen LogP contribution < -0.4 is 4.74 Å². The van der Waals surface area contributed by atoms with Gasteiger partial charge in [0.05, 0.1) is 24.3 Å². The first-order valence-electron chi connectivity index (χ1n) is 9.77. The summed E-state index contributed by atoms with van der Waals surface area (Å²) in [5.41, 5.74) is 0.230. The Hall–Kier alpha value is -3.26. The molecule has 0 saturated carbocycles. The van der Waals surface area contributed by atoms with Gasteiger partial charge < -0.3 is 19.6 Å². The predicted molar refractivity (Wildman–Crippen MR) is 112 cm³/mol. The Bertz CT molecular complexity index is 1020. The van der Waals surface area contributed by atoms with Crippen LogP contribution in [0.1, 0.15) is 23.6 Å². The van der Waals surface area contributed by atoms with Gasteiger partial charge in [-0.3, -0.25) is 9.59 Å². The van der Waals surface area contributed by atoms with Crippen LogP contribution in [-0.2, 0) is 9.59 Å². The van der Waals surface area contributed by atoms with Crippen LogP contribution in [-0.4, -0.2) is 60.9 Å². The summed E-state index contributed by atoms with van der Waals surface area (Å²) in [4.78, 5) is 29.1. The number of likely N-dealkylation sites (tertiary alicyclic amines) is 1. The molecule has 0 aliphatic carbocycles. The standard InChI is InChI=1S/C23H24F2N2O4/c1-26(2)11-4-12-27-20(14-5-7-15(24)8-6-14)19(22(29)23(27)30)21(28)17-13-16(25)9-10-18(17)31-3/h5-10,13,20,28H,4,11-12H2,1-3H3/b21-19+. The number of ether oxygens (including phenoxy) is 1. The van der Waals surface area contributed by atoms with E-state index in [4.69, 9.17) is 4.74 Å². The molecule has 0 aromatic heterocycles. The summed E-state index contributed by atoms with van der Waals surface area (Å²) >= 11 is 0. The predicted octanol–water partition coefficient (Wildman–Crippen LogP) is 3.35. The number of hydrogen-bond acceptors (Lipinski definition) is 5. The van der Waals surface area contributed by atoms with Gasteiger partial charge in [0.25, 0.3) is 11.7 Å². The van der Waals surface area contributed by atoms with Crippen LogP contribution >= 0.6 is 0 Å². The van der Waals surface area contributed by atoms with Crippen molar-refractivity contribution in [3.8, 4) is 5.75 Å². The van der Waals surface area contributed by atoms with Crippen molar-refractivity contribution in [3.63, 3.8) is 0 Å². The van der Waals surface area contributed by atoms with E-state index in [0.29, 0.717) is 18.5 Å². The third-order valence-corrected chi connectivity index (χ3v) is 5.15. The number of rotatable bonds is 7. The lowest BCUT2D eigenvalue weighted by atomic mass is 9.95. The number of nitrogens with zero attached hydrogens (tertiary/aromatic N) is 2. The van der Waals surface area contributed by atoms with Crippen molar-refractivity contribution in [2.45, 2.75) is 12.5 Å². The molecule has 0 radical (unpaired) electrons. The number of carbonyl (C=O) groups excluding carboxylic acids is 2. The van der Waals surface area contributed by atoms with Gasteiger partial charge in [0.1, 0.15) is 23.1 Å². The van der Waals surface area contributed by atoms with Crippen LogP contribution in [0.4, 0.5) is 8.78 Å². The van der Waals surface area contributed by atoms with Crippen LogP contribution in [0.15, 0.2) is 48.0 Å². The minimum Gasteiger partial charge on any atom is -0.507 e. The van der Waals surface area contributed by atoms with Gasteiger partial charge in [-0.15, -0.1) is 0 Å². The summed E-state index contributed by atoms with van der Waals surface area (Å²) in [7, 11) is 5.13. The summed E-state index contributed by atoms with van der Waals surface area (Å²) in [6, 6.07) is 7.95. The fraction of sp³-hybridized carbons (Fsp3) is 0.304. The summed E-state index contributed by atoms with van der Waals surface area (Å²) in [6.07, 6.45) is 0.584. The number of benzene rings is 2. The molecule has 164 valence electrons. The maximum absolute atomic E-state index is 13.9. The molecule has 0 bridgehead atoms. The van der Waals surface area contributed by atoms with Gasteiger partial charge >= 0.3 is 0 Å². The molecule has 1 aliphatic heterocycles. The van der Waals surface area contributed by atoms with E-state index < -0.39 is 35.1 Å². The minimum atomic E-state index is -0.935. The van der Waals surface area contributed by atoms with Crippen molar-refractivity contribution in [3.05, 3.63) is 70.8 Å². The highest BCUT2D eigenvalue weighted by atomic mass is 19.1. The van der Waals surface area contributed by atoms with Crippen molar-refractivity contribution >= 4 is 17.4 Å². The maximum atomic E-state index is 13.9. The molecule has 1 amide bonds. The molecule has 8 heteroatoms. The van der Waals surface area contributed by atoms with Crippen molar-refractivity contribution in [1.29, 1.82) is 0 Å². The molecule has 31 heavy (non-hydrogen) atoms. The first-order chi connectivity index (χ1) is 14.7. The third kappa shape index (κ3) is 4.59. The third-order valence-electron chi connectivity index (χ3n) is 5.15. The molecular formula is C23H24F2N2O4. The number of ketones is 1.